The minimum absolute atomic E-state index is 0.235. The highest BCUT2D eigenvalue weighted by molar-refractivity contribution is 5.94. The zero-order valence-corrected chi connectivity index (χ0v) is 20.9. The average Bonchev–Trinajstić information content (AvgIpc) is 3.17. The van der Waals surface area contributed by atoms with Crippen LogP contribution in [0.2, 0.25) is 0 Å². The van der Waals surface area contributed by atoms with E-state index in [1.165, 1.54) is 11.1 Å². The minimum Gasteiger partial charge on any atom is -0.493 e. The SMILES string of the molecule is CCOc1cc(CN2CCC3(CC2)CN(c2ccc(C)cc2)C(=O)O3)cc2c(OCC)cccc12. The van der Waals surface area contributed by atoms with Crippen LogP contribution in [0.5, 0.6) is 11.5 Å². The molecule has 3 aromatic carbocycles. The highest BCUT2D eigenvalue weighted by Crippen LogP contribution is 2.38. The molecule has 0 atom stereocenters. The van der Waals surface area contributed by atoms with Crippen LogP contribution in [0.1, 0.15) is 37.8 Å². The number of hydrogen-bond donors (Lipinski definition) is 0. The molecular formula is C29H34N2O4. The van der Waals surface area contributed by atoms with Crippen LogP contribution in [0.4, 0.5) is 10.5 Å². The summed E-state index contributed by atoms with van der Waals surface area (Å²) >= 11 is 0. The fourth-order valence-electron chi connectivity index (χ4n) is 5.21. The van der Waals surface area contributed by atoms with Gasteiger partial charge in [0, 0.05) is 48.9 Å². The molecule has 0 unspecified atom stereocenters. The van der Waals surface area contributed by atoms with Crippen LogP contribution in [0.3, 0.4) is 0 Å². The summed E-state index contributed by atoms with van der Waals surface area (Å²) in [5, 5.41) is 2.16. The number of amides is 1. The number of carbonyl (C=O) groups excluding carboxylic acids is 1. The average molecular weight is 475 g/mol. The maximum atomic E-state index is 12.7. The lowest BCUT2D eigenvalue weighted by Gasteiger charge is -2.37. The van der Waals surface area contributed by atoms with E-state index in [2.05, 4.69) is 23.1 Å². The maximum Gasteiger partial charge on any atom is 0.415 e. The number of aryl methyl sites for hydroxylation is 1. The zero-order chi connectivity index (χ0) is 24.4. The third-order valence-corrected chi connectivity index (χ3v) is 7.07. The van der Waals surface area contributed by atoms with Gasteiger partial charge in [-0.3, -0.25) is 9.80 Å². The quantitative estimate of drug-likeness (QED) is 0.424. The van der Waals surface area contributed by atoms with Gasteiger partial charge < -0.3 is 14.2 Å². The fourth-order valence-corrected chi connectivity index (χ4v) is 5.21. The molecule has 35 heavy (non-hydrogen) atoms. The lowest BCUT2D eigenvalue weighted by Crippen LogP contribution is -2.46. The van der Waals surface area contributed by atoms with Gasteiger partial charge in [-0.1, -0.05) is 29.8 Å². The van der Waals surface area contributed by atoms with Gasteiger partial charge in [0.1, 0.15) is 17.1 Å². The first-order valence-electron chi connectivity index (χ1n) is 12.6. The van der Waals surface area contributed by atoms with Crippen LogP contribution in [0.15, 0.2) is 54.6 Å². The Morgan fingerprint density at radius 1 is 0.914 bits per heavy atom. The monoisotopic (exact) mass is 474 g/mol. The number of anilines is 1. The van der Waals surface area contributed by atoms with E-state index in [1.54, 1.807) is 4.90 Å². The zero-order valence-electron chi connectivity index (χ0n) is 20.9. The largest absolute Gasteiger partial charge is 0.493 e. The van der Waals surface area contributed by atoms with Crippen LogP contribution < -0.4 is 14.4 Å². The Labute approximate surface area is 207 Å². The normalized spacial score (nSPS) is 17.7. The Morgan fingerprint density at radius 3 is 2.34 bits per heavy atom. The molecule has 2 saturated heterocycles. The summed E-state index contributed by atoms with van der Waals surface area (Å²) in [4.78, 5) is 16.9. The summed E-state index contributed by atoms with van der Waals surface area (Å²) in [6, 6.07) is 18.6. The number of hydrogen-bond acceptors (Lipinski definition) is 5. The molecule has 0 N–H and O–H groups in total. The summed E-state index contributed by atoms with van der Waals surface area (Å²) < 4.78 is 17.9. The van der Waals surface area contributed by atoms with Crippen molar-refractivity contribution in [2.24, 2.45) is 0 Å². The van der Waals surface area contributed by atoms with E-state index in [9.17, 15) is 4.79 Å². The summed E-state index contributed by atoms with van der Waals surface area (Å²) in [7, 11) is 0. The van der Waals surface area contributed by atoms with Crippen molar-refractivity contribution in [2.75, 3.05) is 37.7 Å². The topological polar surface area (TPSA) is 51.2 Å². The number of fused-ring (bicyclic) bond motifs is 1. The molecule has 2 aliphatic heterocycles. The molecule has 0 aliphatic carbocycles. The first kappa shape index (κ1) is 23.5. The van der Waals surface area contributed by atoms with Gasteiger partial charge in [0.05, 0.1) is 19.8 Å². The molecule has 2 fully saturated rings. The molecule has 2 heterocycles. The smallest absolute Gasteiger partial charge is 0.415 e. The second-order valence-corrected chi connectivity index (χ2v) is 9.56. The van der Waals surface area contributed by atoms with Crippen LogP contribution in [0, 0.1) is 6.92 Å². The molecule has 5 rings (SSSR count). The van der Waals surface area contributed by atoms with E-state index < -0.39 is 5.60 Å². The van der Waals surface area contributed by atoms with Gasteiger partial charge >= 0.3 is 6.09 Å². The molecule has 0 radical (unpaired) electrons. The van der Waals surface area contributed by atoms with Gasteiger partial charge in [0.15, 0.2) is 0 Å². The molecule has 0 bridgehead atoms. The molecule has 6 heteroatoms. The number of piperidine rings is 1. The third-order valence-electron chi connectivity index (χ3n) is 7.07. The number of benzene rings is 3. The molecule has 1 amide bonds. The van der Waals surface area contributed by atoms with Crippen molar-refractivity contribution in [3.63, 3.8) is 0 Å². The van der Waals surface area contributed by atoms with Crippen LogP contribution in [-0.4, -0.2) is 49.4 Å². The van der Waals surface area contributed by atoms with Crippen molar-refractivity contribution >= 4 is 22.6 Å². The summed E-state index contributed by atoms with van der Waals surface area (Å²) in [5.41, 5.74) is 2.89. The highest BCUT2D eigenvalue weighted by atomic mass is 16.6. The van der Waals surface area contributed by atoms with Gasteiger partial charge in [0.2, 0.25) is 0 Å². The number of nitrogens with zero attached hydrogens (tertiary/aromatic N) is 2. The predicted molar refractivity (Wildman–Crippen MR) is 139 cm³/mol. The van der Waals surface area contributed by atoms with Crippen molar-refractivity contribution in [3.05, 3.63) is 65.7 Å². The standard InChI is InChI=1S/C29H34N2O4/c1-4-33-26-8-6-7-24-25(26)17-22(18-27(24)34-5-2)19-30-15-13-29(14-16-30)20-31(28(32)35-29)23-11-9-21(3)10-12-23/h6-12,17-18H,4-5,13-16,19-20H2,1-3H3. The minimum atomic E-state index is -0.402. The molecule has 3 aromatic rings. The number of rotatable bonds is 7. The second kappa shape index (κ2) is 9.78. The summed E-state index contributed by atoms with van der Waals surface area (Å²) in [5.74, 6) is 1.79. The Bertz CT molecular complexity index is 1200. The molecule has 0 aromatic heterocycles. The number of ether oxygens (including phenoxy) is 3. The van der Waals surface area contributed by atoms with Crippen molar-refractivity contribution < 1.29 is 19.0 Å². The van der Waals surface area contributed by atoms with Crippen LogP contribution in [0.25, 0.3) is 10.8 Å². The van der Waals surface area contributed by atoms with Crippen molar-refractivity contribution in [2.45, 2.75) is 45.8 Å². The molecule has 2 aliphatic rings. The fraction of sp³-hybridized carbons (Fsp3) is 0.414. The van der Waals surface area contributed by atoms with Crippen molar-refractivity contribution in [1.82, 2.24) is 4.90 Å². The Morgan fingerprint density at radius 2 is 1.63 bits per heavy atom. The van der Waals surface area contributed by atoms with E-state index in [4.69, 9.17) is 14.2 Å². The summed E-state index contributed by atoms with van der Waals surface area (Å²) in [6.45, 7) is 10.5. The van der Waals surface area contributed by atoms with Gasteiger partial charge in [-0.25, -0.2) is 4.79 Å². The van der Waals surface area contributed by atoms with Gasteiger partial charge in [-0.2, -0.15) is 0 Å². The molecule has 1 spiro atoms. The molecule has 6 nitrogen and oxygen atoms in total. The van der Waals surface area contributed by atoms with Gasteiger partial charge in [0.25, 0.3) is 0 Å². The molecule has 0 saturated carbocycles. The van der Waals surface area contributed by atoms with Crippen LogP contribution in [-0.2, 0) is 11.3 Å². The summed E-state index contributed by atoms with van der Waals surface area (Å²) in [6.07, 6.45) is 1.43. The first-order chi connectivity index (χ1) is 17.0. The lowest BCUT2D eigenvalue weighted by atomic mass is 9.91. The van der Waals surface area contributed by atoms with E-state index in [-0.39, 0.29) is 6.09 Å². The van der Waals surface area contributed by atoms with Gasteiger partial charge in [-0.15, -0.1) is 0 Å². The van der Waals surface area contributed by atoms with Crippen LogP contribution >= 0.6 is 0 Å². The second-order valence-electron chi connectivity index (χ2n) is 9.56. The lowest BCUT2D eigenvalue weighted by molar-refractivity contribution is -0.000979. The third kappa shape index (κ3) is 4.80. The maximum absolute atomic E-state index is 12.7. The van der Waals surface area contributed by atoms with Crippen molar-refractivity contribution in [1.29, 1.82) is 0 Å². The Balaban J connectivity index is 1.30. The van der Waals surface area contributed by atoms with E-state index in [0.29, 0.717) is 19.8 Å². The molecule has 184 valence electrons. The Hall–Kier alpha value is -3.25. The number of carbonyl (C=O) groups is 1. The highest BCUT2D eigenvalue weighted by Gasteiger charge is 2.47. The van der Waals surface area contributed by atoms with E-state index in [1.807, 2.05) is 57.2 Å². The van der Waals surface area contributed by atoms with E-state index >= 15 is 0 Å². The van der Waals surface area contributed by atoms with E-state index in [0.717, 1.165) is 60.4 Å². The number of likely N-dealkylation sites (tertiary alicyclic amines) is 1. The molecular weight excluding hydrogens is 440 g/mol. The Kier molecular flexibility index (Phi) is 6.56. The predicted octanol–water partition coefficient (Wildman–Crippen LogP) is 5.94. The van der Waals surface area contributed by atoms with Gasteiger partial charge in [-0.05, 0) is 56.7 Å². The first-order valence-corrected chi connectivity index (χ1v) is 12.6. The van der Waals surface area contributed by atoms with Crippen molar-refractivity contribution in [3.8, 4) is 11.5 Å².